The third-order valence-electron chi connectivity index (χ3n) is 5.54. The molecule has 1 saturated heterocycles. The van der Waals surface area contributed by atoms with Crippen LogP contribution in [0.25, 0.3) is 0 Å². The van der Waals surface area contributed by atoms with Crippen molar-refractivity contribution >= 4 is 29.4 Å². The number of hydrogen-bond acceptors (Lipinski definition) is 4. The highest BCUT2D eigenvalue weighted by atomic mass is 16.4. The molecule has 1 aromatic rings. The number of carbonyl (C=O) groups excluding carboxylic acids is 3. The summed E-state index contributed by atoms with van der Waals surface area (Å²) >= 11 is 0. The van der Waals surface area contributed by atoms with Crippen LogP contribution in [-0.2, 0) is 14.4 Å². The Morgan fingerprint density at radius 1 is 1.14 bits per heavy atom. The molecule has 7 heteroatoms. The van der Waals surface area contributed by atoms with E-state index in [0.29, 0.717) is 43.5 Å². The first-order chi connectivity index (χ1) is 13.9. The molecule has 3 rings (SSSR count). The number of nitrogens with one attached hydrogen (secondary N) is 1. The number of fused-ring (bicyclic) bond motifs is 1. The van der Waals surface area contributed by atoms with Crippen molar-refractivity contribution in [1.82, 2.24) is 5.32 Å². The third-order valence-corrected chi connectivity index (χ3v) is 5.54. The molecule has 2 aliphatic rings. The fourth-order valence-electron chi connectivity index (χ4n) is 3.96. The van der Waals surface area contributed by atoms with E-state index in [1.54, 1.807) is 24.3 Å². The minimum absolute atomic E-state index is 0.130. The maximum absolute atomic E-state index is 12.8. The van der Waals surface area contributed by atoms with E-state index in [1.807, 2.05) is 13.0 Å². The quantitative estimate of drug-likeness (QED) is 0.398. The van der Waals surface area contributed by atoms with E-state index >= 15 is 0 Å². The van der Waals surface area contributed by atoms with Gasteiger partial charge in [-0.3, -0.25) is 24.1 Å². The Morgan fingerprint density at radius 2 is 1.90 bits per heavy atom. The summed E-state index contributed by atoms with van der Waals surface area (Å²) in [6.07, 6.45) is 5.34. The second kappa shape index (κ2) is 9.03. The molecule has 0 saturated carbocycles. The maximum atomic E-state index is 12.8. The van der Waals surface area contributed by atoms with E-state index in [0.717, 1.165) is 12.0 Å². The Balaban J connectivity index is 1.61. The molecule has 1 aromatic carbocycles. The number of carbonyl (C=O) groups is 4. The van der Waals surface area contributed by atoms with E-state index in [-0.39, 0.29) is 36.0 Å². The predicted octanol–water partition coefficient (Wildman–Crippen LogP) is 2.91. The first-order valence-electron chi connectivity index (χ1n) is 10.0. The van der Waals surface area contributed by atoms with Gasteiger partial charge in [0.15, 0.2) is 0 Å². The van der Waals surface area contributed by atoms with E-state index in [2.05, 4.69) is 5.32 Å². The summed E-state index contributed by atoms with van der Waals surface area (Å²) in [5.74, 6) is -2.10. The van der Waals surface area contributed by atoms with Gasteiger partial charge in [-0.05, 0) is 50.8 Å². The molecule has 1 aliphatic heterocycles. The average molecular weight is 398 g/mol. The Hall–Kier alpha value is -2.96. The topological polar surface area (TPSA) is 104 Å². The largest absolute Gasteiger partial charge is 0.481 e. The Kier molecular flexibility index (Phi) is 6.46. The van der Waals surface area contributed by atoms with Gasteiger partial charge >= 0.3 is 5.97 Å². The van der Waals surface area contributed by atoms with Gasteiger partial charge in [0, 0.05) is 18.5 Å². The SMILES string of the molecule is CC1=CCC2C(=O)N(c3cccc(C(=O)NCCCCCC(=O)O)c3)C(=O)C2C1. The number of imide groups is 1. The number of carboxylic acid groups (broad SMARTS) is 1. The Bertz CT molecular complexity index is 861. The van der Waals surface area contributed by atoms with E-state index < -0.39 is 5.97 Å². The number of anilines is 1. The number of rotatable bonds is 8. The lowest BCUT2D eigenvalue weighted by atomic mass is 9.82. The van der Waals surface area contributed by atoms with Gasteiger partial charge in [-0.2, -0.15) is 0 Å². The molecule has 2 unspecified atom stereocenters. The van der Waals surface area contributed by atoms with Crippen LogP contribution >= 0.6 is 0 Å². The molecule has 1 fully saturated rings. The number of hydrogen-bond donors (Lipinski definition) is 2. The summed E-state index contributed by atoms with van der Waals surface area (Å²) in [6, 6.07) is 6.57. The van der Waals surface area contributed by atoms with Crippen LogP contribution in [-0.4, -0.2) is 35.3 Å². The van der Waals surface area contributed by atoms with Crippen LogP contribution in [0.5, 0.6) is 0 Å². The van der Waals surface area contributed by atoms with Crippen molar-refractivity contribution in [3.05, 3.63) is 41.5 Å². The van der Waals surface area contributed by atoms with Gasteiger partial charge in [0.2, 0.25) is 11.8 Å². The number of benzene rings is 1. The normalized spacial score (nSPS) is 21.0. The number of allylic oxidation sites excluding steroid dienone is 2. The molecule has 2 atom stereocenters. The van der Waals surface area contributed by atoms with E-state index in [9.17, 15) is 19.2 Å². The van der Waals surface area contributed by atoms with Crippen molar-refractivity contribution in [1.29, 1.82) is 0 Å². The van der Waals surface area contributed by atoms with Crippen molar-refractivity contribution in [2.45, 2.75) is 45.4 Å². The van der Waals surface area contributed by atoms with Crippen LogP contribution in [0.3, 0.4) is 0 Å². The predicted molar refractivity (Wildman–Crippen MR) is 107 cm³/mol. The Morgan fingerprint density at radius 3 is 2.66 bits per heavy atom. The molecule has 0 bridgehead atoms. The number of carboxylic acids is 1. The van der Waals surface area contributed by atoms with Crippen molar-refractivity contribution in [2.24, 2.45) is 11.8 Å². The average Bonchev–Trinajstić information content (AvgIpc) is 2.94. The number of aliphatic carboxylic acids is 1. The summed E-state index contributed by atoms with van der Waals surface area (Å²) in [7, 11) is 0. The molecule has 154 valence electrons. The number of unbranched alkanes of at least 4 members (excludes halogenated alkanes) is 2. The van der Waals surface area contributed by atoms with Crippen molar-refractivity contribution in [3.63, 3.8) is 0 Å². The minimum Gasteiger partial charge on any atom is -0.481 e. The fraction of sp³-hybridized carbons (Fsp3) is 0.455. The molecule has 1 heterocycles. The summed E-state index contributed by atoms with van der Waals surface area (Å²) in [5.41, 5.74) is 1.95. The van der Waals surface area contributed by atoms with Crippen molar-refractivity contribution in [3.8, 4) is 0 Å². The molecular weight excluding hydrogens is 372 g/mol. The van der Waals surface area contributed by atoms with Crippen LogP contribution in [0, 0.1) is 11.8 Å². The minimum atomic E-state index is -0.817. The molecule has 0 radical (unpaired) electrons. The maximum Gasteiger partial charge on any atom is 0.303 e. The molecule has 0 aromatic heterocycles. The first kappa shape index (κ1) is 20.8. The highest BCUT2D eigenvalue weighted by Crippen LogP contribution is 2.39. The van der Waals surface area contributed by atoms with Gasteiger partial charge < -0.3 is 10.4 Å². The summed E-state index contributed by atoms with van der Waals surface area (Å²) < 4.78 is 0. The van der Waals surface area contributed by atoms with Crippen LogP contribution in [0.2, 0.25) is 0 Å². The molecule has 7 nitrogen and oxygen atoms in total. The zero-order chi connectivity index (χ0) is 21.0. The molecule has 3 amide bonds. The molecular formula is C22H26N2O5. The highest BCUT2D eigenvalue weighted by molar-refractivity contribution is 6.22. The van der Waals surface area contributed by atoms with Gasteiger partial charge in [0.05, 0.1) is 17.5 Å². The number of nitrogens with zero attached hydrogens (tertiary/aromatic N) is 1. The zero-order valence-corrected chi connectivity index (χ0v) is 16.5. The Labute approximate surface area is 169 Å². The second-order valence-electron chi connectivity index (χ2n) is 7.73. The van der Waals surface area contributed by atoms with Gasteiger partial charge in [0.25, 0.3) is 5.91 Å². The lowest BCUT2D eigenvalue weighted by Crippen LogP contribution is -2.31. The number of amides is 3. The summed E-state index contributed by atoms with van der Waals surface area (Å²) in [6.45, 7) is 2.42. The zero-order valence-electron chi connectivity index (χ0n) is 16.5. The van der Waals surface area contributed by atoms with Crippen LogP contribution in [0.1, 0.15) is 55.8 Å². The molecule has 0 spiro atoms. The lowest BCUT2D eigenvalue weighted by Gasteiger charge is -2.18. The third kappa shape index (κ3) is 4.72. The van der Waals surface area contributed by atoms with E-state index in [1.165, 1.54) is 4.90 Å². The molecule has 29 heavy (non-hydrogen) atoms. The van der Waals surface area contributed by atoms with Crippen LogP contribution in [0.4, 0.5) is 5.69 Å². The summed E-state index contributed by atoms with van der Waals surface area (Å²) in [5, 5.41) is 11.4. The smallest absolute Gasteiger partial charge is 0.303 e. The molecule has 2 N–H and O–H groups in total. The highest BCUT2D eigenvalue weighted by Gasteiger charge is 2.48. The summed E-state index contributed by atoms with van der Waals surface area (Å²) in [4.78, 5) is 49.7. The van der Waals surface area contributed by atoms with Gasteiger partial charge in [-0.15, -0.1) is 0 Å². The second-order valence-corrected chi connectivity index (χ2v) is 7.73. The van der Waals surface area contributed by atoms with Crippen LogP contribution in [0.15, 0.2) is 35.9 Å². The monoisotopic (exact) mass is 398 g/mol. The van der Waals surface area contributed by atoms with Gasteiger partial charge in [-0.1, -0.05) is 24.1 Å². The van der Waals surface area contributed by atoms with Gasteiger partial charge in [0.1, 0.15) is 0 Å². The fourth-order valence-corrected chi connectivity index (χ4v) is 3.96. The lowest BCUT2D eigenvalue weighted by molar-refractivity contribution is -0.137. The van der Waals surface area contributed by atoms with Crippen LogP contribution < -0.4 is 10.2 Å². The van der Waals surface area contributed by atoms with Crippen molar-refractivity contribution in [2.75, 3.05) is 11.4 Å². The van der Waals surface area contributed by atoms with E-state index in [4.69, 9.17) is 5.11 Å². The van der Waals surface area contributed by atoms with Gasteiger partial charge in [-0.25, -0.2) is 0 Å². The first-order valence-corrected chi connectivity index (χ1v) is 10.0. The van der Waals surface area contributed by atoms with Crippen molar-refractivity contribution < 1.29 is 24.3 Å². The molecule has 1 aliphatic carbocycles. The standard InChI is InChI=1S/C22H26N2O5/c1-14-9-10-17-18(12-14)22(29)24(21(17)28)16-7-5-6-15(13-16)20(27)23-11-4-2-3-8-19(25)26/h5-7,9,13,17-18H,2-4,8,10-12H2,1H3,(H,23,27)(H,25,26).